The van der Waals surface area contributed by atoms with Crippen LogP contribution in [-0.4, -0.2) is 35.5 Å². The van der Waals surface area contributed by atoms with E-state index in [1.165, 1.54) is 36.8 Å². The van der Waals surface area contributed by atoms with E-state index in [1.54, 1.807) is 0 Å². The van der Waals surface area contributed by atoms with Gasteiger partial charge in [-0.3, -0.25) is 4.79 Å². The van der Waals surface area contributed by atoms with Crippen molar-refractivity contribution in [2.45, 2.75) is 82.8 Å². The highest BCUT2D eigenvalue weighted by Gasteiger charge is 2.36. The maximum Gasteiger partial charge on any atom is 0.223 e. The first-order chi connectivity index (χ1) is 12.2. The monoisotopic (exact) mass is 376 g/mol. The summed E-state index contributed by atoms with van der Waals surface area (Å²) in [6, 6.07) is 10.5. The lowest BCUT2D eigenvalue weighted by Crippen LogP contribution is -2.46. The first kappa shape index (κ1) is 19.7. The molecule has 0 spiro atoms. The van der Waals surface area contributed by atoms with Crippen LogP contribution in [0.5, 0.6) is 0 Å². The summed E-state index contributed by atoms with van der Waals surface area (Å²) in [5.41, 5.74) is 2.94. The Morgan fingerprint density at radius 2 is 1.81 bits per heavy atom. The van der Waals surface area contributed by atoms with Crippen LogP contribution in [0, 0.1) is 5.92 Å². The molecule has 1 amide bonds. The summed E-state index contributed by atoms with van der Waals surface area (Å²) in [5, 5.41) is 3.70. The van der Waals surface area contributed by atoms with Gasteiger partial charge < -0.3 is 10.2 Å². The molecule has 0 aromatic heterocycles. The van der Waals surface area contributed by atoms with Crippen molar-refractivity contribution in [2.24, 2.45) is 5.92 Å². The SMILES string of the molecule is CCCN(C(=O)CC1CC2CCC(C1)N2)C1CCc2ccccc2C1.Cl. The van der Waals surface area contributed by atoms with Crippen LogP contribution in [0.3, 0.4) is 0 Å². The number of rotatable bonds is 5. The molecule has 3 atom stereocenters. The standard InChI is InChI=1S/C22H32N2O.ClH/c1-2-11-24(21-10-7-17-5-3-4-6-18(17)15-21)22(25)14-16-12-19-8-9-20(13-16)23-19;/h3-6,16,19-21,23H,2,7-15H2,1H3;1H. The Morgan fingerprint density at radius 1 is 1.12 bits per heavy atom. The number of hydrogen-bond acceptors (Lipinski definition) is 2. The van der Waals surface area contributed by atoms with Gasteiger partial charge in [0.25, 0.3) is 0 Å². The quantitative estimate of drug-likeness (QED) is 0.838. The average Bonchev–Trinajstić information content (AvgIpc) is 2.97. The predicted octanol–water partition coefficient (Wildman–Crippen LogP) is 4.13. The van der Waals surface area contributed by atoms with Gasteiger partial charge >= 0.3 is 0 Å². The Bertz CT molecular complexity index is 608. The van der Waals surface area contributed by atoms with Gasteiger partial charge in [-0.05, 0) is 68.4 Å². The first-order valence-corrected chi connectivity index (χ1v) is 10.3. The Hall–Kier alpha value is -1.06. The summed E-state index contributed by atoms with van der Waals surface area (Å²) in [7, 11) is 0. The number of carbonyl (C=O) groups excluding carboxylic acids is 1. The third kappa shape index (κ3) is 4.26. The van der Waals surface area contributed by atoms with Crippen LogP contribution in [0.4, 0.5) is 0 Å². The van der Waals surface area contributed by atoms with E-state index in [9.17, 15) is 4.79 Å². The Morgan fingerprint density at radius 3 is 2.50 bits per heavy atom. The third-order valence-electron chi connectivity index (χ3n) is 6.58. The normalized spacial score (nSPS) is 29.6. The summed E-state index contributed by atoms with van der Waals surface area (Å²) in [6.07, 6.45) is 10.1. The van der Waals surface area contributed by atoms with Crippen molar-refractivity contribution in [1.82, 2.24) is 10.2 Å². The van der Waals surface area contributed by atoms with Gasteiger partial charge in [-0.1, -0.05) is 31.2 Å². The van der Waals surface area contributed by atoms with E-state index in [0.717, 1.165) is 38.6 Å². The van der Waals surface area contributed by atoms with Gasteiger partial charge in [-0.15, -0.1) is 12.4 Å². The van der Waals surface area contributed by atoms with E-state index in [4.69, 9.17) is 0 Å². The van der Waals surface area contributed by atoms with Gasteiger partial charge in [0.2, 0.25) is 5.91 Å². The van der Waals surface area contributed by atoms with Gasteiger partial charge in [0.05, 0.1) is 0 Å². The van der Waals surface area contributed by atoms with Crippen LogP contribution in [0.1, 0.15) is 63.0 Å². The molecule has 0 radical (unpaired) electrons. The molecule has 2 fully saturated rings. The fourth-order valence-electron chi connectivity index (χ4n) is 5.40. The summed E-state index contributed by atoms with van der Waals surface area (Å²) >= 11 is 0. The van der Waals surface area contributed by atoms with Gasteiger partial charge in [-0.25, -0.2) is 0 Å². The van der Waals surface area contributed by atoms with Crippen LogP contribution >= 0.6 is 12.4 Å². The average molecular weight is 377 g/mol. The fourth-order valence-corrected chi connectivity index (χ4v) is 5.40. The van der Waals surface area contributed by atoms with Gasteiger partial charge in [0.1, 0.15) is 0 Å². The highest BCUT2D eigenvalue weighted by Crippen LogP contribution is 2.33. The minimum absolute atomic E-state index is 0. The number of aryl methyl sites for hydroxylation is 1. The van der Waals surface area contributed by atoms with Crippen LogP contribution in [0.25, 0.3) is 0 Å². The molecule has 2 saturated heterocycles. The summed E-state index contributed by atoms with van der Waals surface area (Å²) in [5.74, 6) is 1.01. The molecule has 3 nitrogen and oxygen atoms in total. The van der Waals surface area contributed by atoms with Crippen LogP contribution in [0.2, 0.25) is 0 Å². The second-order valence-electron chi connectivity index (χ2n) is 8.43. The minimum Gasteiger partial charge on any atom is -0.339 e. The molecule has 4 heteroatoms. The molecule has 1 aromatic carbocycles. The maximum atomic E-state index is 13.2. The van der Waals surface area contributed by atoms with E-state index in [-0.39, 0.29) is 12.4 Å². The zero-order chi connectivity index (χ0) is 17.2. The molecular weight excluding hydrogens is 344 g/mol. The second-order valence-corrected chi connectivity index (χ2v) is 8.43. The molecule has 3 aliphatic rings. The van der Waals surface area contributed by atoms with E-state index in [2.05, 4.69) is 41.4 Å². The van der Waals surface area contributed by atoms with Crippen molar-refractivity contribution in [3.8, 4) is 0 Å². The molecule has 1 aliphatic carbocycles. The number of fused-ring (bicyclic) bond motifs is 3. The second kappa shape index (κ2) is 8.75. The highest BCUT2D eigenvalue weighted by molar-refractivity contribution is 5.85. The number of carbonyl (C=O) groups is 1. The number of halogens is 1. The van der Waals surface area contributed by atoms with Gasteiger partial charge in [0, 0.05) is 31.1 Å². The molecule has 144 valence electrons. The van der Waals surface area contributed by atoms with E-state index in [0.29, 0.717) is 30.0 Å². The first-order valence-electron chi connectivity index (χ1n) is 10.3. The Kier molecular flexibility index (Phi) is 6.63. The summed E-state index contributed by atoms with van der Waals surface area (Å²) in [6.45, 7) is 3.12. The van der Waals surface area contributed by atoms with Crippen molar-refractivity contribution >= 4 is 18.3 Å². The lowest BCUT2D eigenvalue weighted by molar-refractivity contribution is -0.135. The van der Waals surface area contributed by atoms with Gasteiger partial charge in [0.15, 0.2) is 0 Å². The number of benzene rings is 1. The number of nitrogens with zero attached hydrogens (tertiary/aromatic N) is 1. The smallest absolute Gasteiger partial charge is 0.223 e. The molecule has 2 aliphatic heterocycles. The van der Waals surface area contributed by atoms with Crippen molar-refractivity contribution in [3.63, 3.8) is 0 Å². The van der Waals surface area contributed by atoms with Crippen LogP contribution in [-0.2, 0) is 17.6 Å². The molecular formula is C22H33ClN2O. The summed E-state index contributed by atoms with van der Waals surface area (Å²) in [4.78, 5) is 15.4. The molecule has 2 bridgehead atoms. The molecule has 2 heterocycles. The molecule has 4 rings (SSSR count). The van der Waals surface area contributed by atoms with E-state index < -0.39 is 0 Å². The number of piperidine rings is 1. The molecule has 1 N–H and O–H groups in total. The molecule has 3 unspecified atom stereocenters. The van der Waals surface area contributed by atoms with Crippen molar-refractivity contribution in [1.29, 1.82) is 0 Å². The fraction of sp³-hybridized carbons (Fsp3) is 0.682. The predicted molar refractivity (Wildman–Crippen MR) is 109 cm³/mol. The van der Waals surface area contributed by atoms with Crippen molar-refractivity contribution < 1.29 is 4.79 Å². The van der Waals surface area contributed by atoms with E-state index in [1.807, 2.05) is 0 Å². The third-order valence-corrected chi connectivity index (χ3v) is 6.58. The molecule has 26 heavy (non-hydrogen) atoms. The Balaban J connectivity index is 0.00000196. The molecule has 1 aromatic rings. The summed E-state index contributed by atoms with van der Waals surface area (Å²) < 4.78 is 0. The molecule has 0 saturated carbocycles. The number of nitrogens with one attached hydrogen (secondary N) is 1. The lowest BCUT2D eigenvalue weighted by Gasteiger charge is -2.37. The van der Waals surface area contributed by atoms with E-state index >= 15 is 0 Å². The Labute approximate surface area is 164 Å². The highest BCUT2D eigenvalue weighted by atomic mass is 35.5. The topological polar surface area (TPSA) is 32.3 Å². The minimum atomic E-state index is 0. The van der Waals surface area contributed by atoms with Crippen molar-refractivity contribution in [2.75, 3.05) is 6.54 Å². The van der Waals surface area contributed by atoms with Crippen LogP contribution in [0.15, 0.2) is 24.3 Å². The largest absolute Gasteiger partial charge is 0.339 e. The zero-order valence-corrected chi connectivity index (χ0v) is 16.8. The number of amides is 1. The van der Waals surface area contributed by atoms with Crippen LogP contribution < -0.4 is 5.32 Å². The number of hydrogen-bond donors (Lipinski definition) is 1. The van der Waals surface area contributed by atoms with Gasteiger partial charge in [-0.2, -0.15) is 0 Å². The maximum absolute atomic E-state index is 13.2. The van der Waals surface area contributed by atoms with Crippen molar-refractivity contribution in [3.05, 3.63) is 35.4 Å². The zero-order valence-electron chi connectivity index (χ0n) is 16.0. The lowest BCUT2D eigenvalue weighted by atomic mass is 9.86.